The maximum absolute atomic E-state index is 11.0. The summed E-state index contributed by atoms with van der Waals surface area (Å²) >= 11 is 3.22. The Morgan fingerprint density at radius 1 is 1.54 bits per heavy atom. The van der Waals surface area contributed by atoms with Gasteiger partial charge in [-0.1, -0.05) is 28.1 Å². The lowest BCUT2D eigenvalue weighted by Gasteiger charge is -2.08. The van der Waals surface area contributed by atoms with Gasteiger partial charge in [-0.15, -0.1) is 0 Å². The Kier molecular flexibility index (Phi) is 3.09. The van der Waals surface area contributed by atoms with Crippen molar-refractivity contribution in [2.75, 3.05) is 0 Å². The molecule has 0 fully saturated rings. The number of benzene rings is 1. The van der Waals surface area contributed by atoms with Gasteiger partial charge in [0.2, 0.25) is 0 Å². The summed E-state index contributed by atoms with van der Waals surface area (Å²) in [6.45, 7) is 3.37. The number of hydrogen-bond acceptors (Lipinski definition) is 2. The van der Waals surface area contributed by atoms with Gasteiger partial charge in [0.25, 0.3) is 0 Å². The second kappa shape index (κ2) is 3.92. The first-order valence-corrected chi connectivity index (χ1v) is 4.88. The second-order valence-electron chi connectivity index (χ2n) is 3.04. The van der Waals surface area contributed by atoms with Crippen molar-refractivity contribution in [3.05, 3.63) is 29.3 Å². The van der Waals surface area contributed by atoms with Gasteiger partial charge in [-0.3, -0.25) is 4.79 Å². The smallest absolute Gasteiger partial charge is 0.147 e. The molecule has 0 aliphatic rings. The van der Waals surface area contributed by atoms with Crippen LogP contribution in [0.25, 0.3) is 0 Å². The van der Waals surface area contributed by atoms with Crippen LogP contribution >= 0.6 is 15.9 Å². The van der Waals surface area contributed by atoms with Crippen molar-refractivity contribution in [2.24, 2.45) is 0 Å². The summed E-state index contributed by atoms with van der Waals surface area (Å²) in [6, 6.07) is 5.27. The molecule has 0 spiro atoms. The maximum atomic E-state index is 11.0. The monoisotopic (exact) mass is 242 g/mol. The Hall–Kier alpha value is -0.830. The van der Waals surface area contributed by atoms with E-state index in [1.807, 2.05) is 13.0 Å². The molecule has 1 unspecified atom stereocenters. The molecular weight excluding hydrogens is 232 g/mol. The highest BCUT2D eigenvalue weighted by Crippen LogP contribution is 2.31. The third-order valence-electron chi connectivity index (χ3n) is 1.82. The summed E-state index contributed by atoms with van der Waals surface area (Å²) < 4.78 is 0. The van der Waals surface area contributed by atoms with Crippen LogP contribution in [0.15, 0.2) is 18.2 Å². The molecule has 2 nitrogen and oxygen atoms in total. The van der Waals surface area contributed by atoms with Crippen LogP contribution < -0.4 is 0 Å². The summed E-state index contributed by atoms with van der Waals surface area (Å²) in [5.74, 6) is 0.149. The lowest BCUT2D eigenvalue weighted by molar-refractivity contribution is -0.116. The molecule has 3 heteroatoms. The van der Waals surface area contributed by atoms with Gasteiger partial charge in [0.1, 0.15) is 16.4 Å². The normalized spacial score (nSPS) is 12.5. The molecule has 0 heterocycles. The number of hydrogen-bond donors (Lipinski definition) is 1. The first-order chi connectivity index (χ1) is 6.02. The van der Waals surface area contributed by atoms with Crippen molar-refractivity contribution in [2.45, 2.75) is 18.7 Å². The first-order valence-electron chi connectivity index (χ1n) is 3.96. The molecule has 70 valence electrons. The molecule has 0 aliphatic heterocycles. The highest BCUT2D eigenvalue weighted by molar-refractivity contribution is 9.09. The topological polar surface area (TPSA) is 37.3 Å². The molecule has 0 aromatic heterocycles. The number of Topliss-reactive ketones (excluding diaryl/α,β-unsaturated/α-hetero) is 1. The number of rotatable bonds is 2. The average Bonchev–Trinajstić information content (AvgIpc) is 2.03. The highest BCUT2D eigenvalue weighted by Gasteiger charge is 2.15. The number of phenolic OH excluding ortho intramolecular Hbond substituents is 1. The Balaban J connectivity index is 3.08. The van der Waals surface area contributed by atoms with Crippen molar-refractivity contribution in [3.8, 4) is 5.75 Å². The number of aromatic hydroxyl groups is 1. The zero-order valence-electron chi connectivity index (χ0n) is 7.54. The van der Waals surface area contributed by atoms with E-state index in [9.17, 15) is 9.90 Å². The van der Waals surface area contributed by atoms with Crippen LogP contribution in [0, 0.1) is 6.92 Å². The van der Waals surface area contributed by atoms with Crippen molar-refractivity contribution >= 4 is 21.7 Å². The molecule has 0 bridgehead atoms. The average molecular weight is 243 g/mol. The lowest BCUT2D eigenvalue weighted by Crippen LogP contribution is -2.01. The molecule has 13 heavy (non-hydrogen) atoms. The quantitative estimate of drug-likeness (QED) is 0.811. The Labute approximate surface area is 85.7 Å². The van der Waals surface area contributed by atoms with E-state index < -0.39 is 4.83 Å². The number of carbonyl (C=O) groups excluding carboxylic acids is 1. The minimum absolute atomic E-state index is 0.0147. The van der Waals surface area contributed by atoms with E-state index in [1.54, 1.807) is 12.1 Å². The molecule has 1 aromatic rings. The fourth-order valence-electron chi connectivity index (χ4n) is 1.09. The van der Waals surface area contributed by atoms with E-state index in [0.29, 0.717) is 5.56 Å². The van der Waals surface area contributed by atoms with Crippen LogP contribution in [-0.2, 0) is 4.79 Å². The Morgan fingerprint density at radius 2 is 2.15 bits per heavy atom. The van der Waals surface area contributed by atoms with Gasteiger partial charge in [0.05, 0.1) is 0 Å². The molecule has 1 rings (SSSR count). The van der Waals surface area contributed by atoms with Gasteiger partial charge in [-0.25, -0.2) is 0 Å². The zero-order valence-corrected chi connectivity index (χ0v) is 9.13. The summed E-state index contributed by atoms with van der Waals surface area (Å²) in [4.78, 5) is 10.6. The van der Waals surface area contributed by atoms with Gasteiger partial charge < -0.3 is 5.11 Å². The van der Waals surface area contributed by atoms with E-state index in [4.69, 9.17) is 0 Å². The third-order valence-corrected chi connectivity index (χ3v) is 2.95. The number of ketones is 1. The summed E-state index contributed by atoms with van der Waals surface area (Å²) in [5, 5.41) is 9.53. The van der Waals surface area contributed by atoms with E-state index in [-0.39, 0.29) is 11.5 Å². The fourth-order valence-corrected chi connectivity index (χ4v) is 1.47. The minimum atomic E-state index is -0.409. The number of carbonyl (C=O) groups is 1. The van der Waals surface area contributed by atoms with Crippen LogP contribution in [0.1, 0.15) is 22.9 Å². The predicted octanol–water partition coefficient (Wildman–Crippen LogP) is 2.73. The number of aryl methyl sites for hydroxylation is 1. The van der Waals surface area contributed by atoms with Crippen LogP contribution in [0.3, 0.4) is 0 Å². The van der Waals surface area contributed by atoms with Gasteiger partial charge in [0.15, 0.2) is 0 Å². The second-order valence-corrected chi connectivity index (χ2v) is 3.95. The molecule has 1 N–H and O–H groups in total. The van der Waals surface area contributed by atoms with Crippen molar-refractivity contribution in [1.82, 2.24) is 0 Å². The summed E-state index contributed by atoms with van der Waals surface area (Å²) in [6.07, 6.45) is 0. The zero-order chi connectivity index (χ0) is 10.0. The first kappa shape index (κ1) is 10.3. The van der Waals surface area contributed by atoms with E-state index in [2.05, 4.69) is 15.9 Å². The predicted molar refractivity (Wildman–Crippen MR) is 55.2 cm³/mol. The summed E-state index contributed by atoms with van der Waals surface area (Å²) in [7, 11) is 0. The van der Waals surface area contributed by atoms with Gasteiger partial charge >= 0.3 is 0 Å². The van der Waals surface area contributed by atoms with Crippen LogP contribution in [0.4, 0.5) is 0 Å². The van der Waals surface area contributed by atoms with Crippen molar-refractivity contribution in [3.63, 3.8) is 0 Å². The van der Waals surface area contributed by atoms with Gasteiger partial charge in [-0.2, -0.15) is 0 Å². The van der Waals surface area contributed by atoms with Gasteiger partial charge in [-0.05, 0) is 25.5 Å². The third kappa shape index (κ3) is 2.31. The molecule has 1 aromatic carbocycles. The minimum Gasteiger partial charge on any atom is -0.508 e. The highest BCUT2D eigenvalue weighted by atomic mass is 79.9. The molecule has 0 amide bonds. The number of alkyl halides is 1. The molecule has 0 aliphatic carbocycles. The summed E-state index contributed by atoms with van der Waals surface area (Å²) in [5.41, 5.74) is 1.60. The van der Waals surface area contributed by atoms with Crippen molar-refractivity contribution in [1.29, 1.82) is 0 Å². The van der Waals surface area contributed by atoms with E-state index in [0.717, 1.165) is 5.56 Å². The molecule has 0 saturated heterocycles. The SMILES string of the molecule is CC(=O)C(Br)c1ccc(C)cc1O. The van der Waals surface area contributed by atoms with E-state index in [1.165, 1.54) is 6.92 Å². The number of halogens is 1. The van der Waals surface area contributed by atoms with Crippen molar-refractivity contribution < 1.29 is 9.90 Å². The fraction of sp³-hybridized carbons (Fsp3) is 0.300. The standard InChI is InChI=1S/C10H11BrO2/c1-6-3-4-8(9(13)5-6)10(11)7(2)12/h3-5,10,13H,1-2H3. The Morgan fingerprint density at radius 3 is 2.62 bits per heavy atom. The largest absolute Gasteiger partial charge is 0.508 e. The van der Waals surface area contributed by atoms with Crippen LogP contribution in [-0.4, -0.2) is 10.9 Å². The number of phenols is 1. The molecule has 0 radical (unpaired) electrons. The molecule has 0 saturated carbocycles. The lowest BCUT2D eigenvalue weighted by atomic mass is 10.1. The van der Waals surface area contributed by atoms with E-state index >= 15 is 0 Å². The molecular formula is C10H11BrO2. The maximum Gasteiger partial charge on any atom is 0.147 e. The van der Waals surface area contributed by atoms with Crippen LogP contribution in [0.5, 0.6) is 5.75 Å². The molecule has 1 atom stereocenters. The van der Waals surface area contributed by atoms with Crippen LogP contribution in [0.2, 0.25) is 0 Å². The van der Waals surface area contributed by atoms with Gasteiger partial charge in [0, 0.05) is 5.56 Å². The Bertz CT molecular complexity index is 334.